The Kier molecular flexibility index (Phi) is 9.52. The Bertz CT molecular complexity index is 1000. The summed E-state index contributed by atoms with van der Waals surface area (Å²) >= 11 is 0. The van der Waals surface area contributed by atoms with Crippen LogP contribution >= 0.6 is 24.8 Å². The van der Waals surface area contributed by atoms with E-state index in [1.807, 2.05) is 20.8 Å². The number of halogens is 2. The number of aryl methyl sites for hydroxylation is 1. The number of aromatic amines is 1. The molecular weight excluding hydrogens is 429 g/mol. The first-order valence-corrected chi connectivity index (χ1v) is 10.0. The topological polar surface area (TPSA) is 109 Å². The van der Waals surface area contributed by atoms with Gasteiger partial charge in [-0.2, -0.15) is 0 Å². The van der Waals surface area contributed by atoms with Crippen molar-refractivity contribution in [1.29, 1.82) is 0 Å². The average Bonchev–Trinajstić information content (AvgIpc) is 2.64. The van der Waals surface area contributed by atoms with Crippen LogP contribution in [0.2, 0.25) is 0 Å². The van der Waals surface area contributed by atoms with Gasteiger partial charge in [-0.3, -0.25) is 19.1 Å². The van der Waals surface area contributed by atoms with Gasteiger partial charge in [0.15, 0.2) is 5.65 Å². The van der Waals surface area contributed by atoms with Gasteiger partial charge < -0.3 is 10.6 Å². The number of piperidine rings is 1. The molecule has 0 saturated carbocycles. The van der Waals surface area contributed by atoms with Crippen LogP contribution in [0.1, 0.15) is 68.9 Å². The Morgan fingerprint density at radius 2 is 2.03 bits per heavy atom. The summed E-state index contributed by atoms with van der Waals surface area (Å²) in [5.41, 5.74) is 0.188. The molecule has 168 valence electrons. The Morgan fingerprint density at radius 3 is 2.63 bits per heavy atom. The SMILES string of the molecule is CCCn1c(=O)[nH]c(=O)c2c(C(=O)NC3CCNC(C)C3)cc(C(C)C)nc21.Cl.Cl. The van der Waals surface area contributed by atoms with Gasteiger partial charge in [-0.1, -0.05) is 20.8 Å². The van der Waals surface area contributed by atoms with E-state index < -0.39 is 11.2 Å². The van der Waals surface area contributed by atoms with E-state index in [1.54, 1.807) is 6.07 Å². The summed E-state index contributed by atoms with van der Waals surface area (Å²) in [7, 11) is 0. The Balaban J connectivity index is 0.00000225. The normalized spacial score (nSPS) is 18.6. The van der Waals surface area contributed by atoms with E-state index in [0.717, 1.165) is 19.4 Å². The van der Waals surface area contributed by atoms with Gasteiger partial charge in [-0.25, -0.2) is 9.78 Å². The molecule has 0 aromatic carbocycles. The van der Waals surface area contributed by atoms with Crippen molar-refractivity contribution in [3.05, 3.63) is 38.2 Å². The number of aromatic nitrogens is 3. The van der Waals surface area contributed by atoms with Gasteiger partial charge in [0.2, 0.25) is 0 Å². The van der Waals surface area contributed by atoms with Crippen molar-refractivity contribution in [1.82, 2.24) is 25.2 Å². The number of amides is 1. The highest BCUT2D eigenvalue weighted by Crippen LogP contribution is 2.20. The van der Waals surface area contributed by atoms with E-state index >= 15 is 0 Å². The van der Waals surface area contributed by atoms with Crippen LogP contribution in [0.15, 0.2) is 15.7 Å². The molecule has 30 heavy (non-hydrogen) atoms. The number of pyridine rings is 1. The first kappa shape index (κ1) is 26.1. The van der Waals surface area contributed by atoms with Gasteiger partial charge in [-0.05, 0) is 44.7 Å². The van der Waals surface area contributed by atoms with Crippen LogP contribution in [0.25, 0.3) is 11.0 Å². The monoisotopic (exact) mass is 459 g/mol. The van der Waals surface area contributed by atoms with Crippen LogP contribution in [0.3, 0.4) is 0 Å². The molecule has 0 bridgehead atoms. The summed E-state index contributed by atoms with van der Waals surface area (Å²) in [5, 5.41) is 6.61. The third kappa shape index (κ3) is 5.42. The minimum absolute atomic E-state index is 0. The molecule has 0 spiro atoms. The molecule has 1 fully saturated rings. The van der Waals surface area contributed by atoms with E-state index in [-0.39, 0.29) is 59.3 Å². The van der Waals surface area contributed by atoms with E-state index in [1.165, 1.54) is 4.57 Å². The minimum Gasteiger partial charge on any atom is -0.349 e. The highest BCUT2D eigenvalue weighted by Gasteiger charge is 2.24. The third-order valence-electron chi connectivity index (χ3n) is 5.21. The van der Waals surface area contributed by atoms with Crippen LogP contribution < -0.4 is 21.9 Å². The quantitative estimate of drug-likeness (QED) is 0.635. The predicted octanol–water partition coefficient (Wildman–Crippen LogP) is 2.33. The summed E-state index contributed by atoms with van der Waals surface area (Å²) in [4.78, 5) is 45.0. The number of fused-ring (bicyclic) bond motifs is 1. The fraction of sp³-hybridized carbons (Fsp3) is 0.600. The molecule has 3 N–H and O–H groups in total. The van der Waals surface area contributed by atoms with Crippen molar-refractivity contribution in [2.24, 2.45) is 0 Å². The molecule has 10 heteroatoms. The van der Waals surface area contributed by atoms with Crippen molar-refractivity contribution in [2.75, 3.05) is 6.54 Å². The molecule has 2 atom stereocenters. The lowest BCUT2D eigenvalue weighted by molar-refractivity contribution is 0.0927. The summed E-state index contributed by atoms with van der Waals surface area (Å²) in [6.45, 7) is 9.25. The summed E-state index contributed by atoms with van der Waals surface area (Å²) in [6, 6.07) is 2.07. The Morgan fingerprint density at radius 1 is 1.33 bits per heavy atom. The summed E-state index contributed by atoms with van der Waals surface area (Å²) in [6.07, 6.45) is 2.39. The maximum absolute atomic E-state index is 13.1. The standard InChI is InChI=1S/C20H29N5O3.2ClH/c1-5-8-25-17-16(19(27)24-20(25)28)14(10-15(23-17)11(2)3)18(26)22-13-6-7-21-12(4)9-13;;/h10-13,21H,5-9H2,1-4H3,(H,22,26)(H,24,27,28);2*1H. The van der Waals surface area contributed by atoms with Crippen molar-refractivity contribution in [3.8, 4) is 0 Å². The van der Waals surface area contributed by atoms with Crippen LogP contribution in [0.4, 0.5) is 0 Å². The van der Waals surface area contributed by atoms with E-state index in [2.05, 4.69) is 27.5 Å². The zero-order valence-corrected chi connectivity index (χ0v) is 19.4. The van der Waals surface area contributed by atoms with Crippen LogP contribution in [0, 0.1) is 0 Å². The molecule has 1 aliphatic rings. The average molecular weight is 460 g/mol. The van der Waals surface area contributed by atoms with Crippen molar-refractivity contribution in [3.63, 3.8) is 0 Å². The van der Waals surface area contributed by atoms with Crippen LogP contribution in [0.5, 0.6) is 0 Å². The maximum Gasteiger partial charge on any atom is 0.329 e. The lowest BCUT2D eigenvalue weighted by Crippen LogP contribution is -2.46. The molecule has 2 unspecified atom stereocenters. The fourth-order valence-corrected chi connectivity index (χ4v) is 3.73. The number of carbonyl (C=O) groups is 1. The smallest absolute Gasteiger partial charge is 0.329 e. The van der Waals surface area contributed by atoms with Gasteiger partial charge in [0.05, 0.1) is 10.9 Å². The molecule has 3 heterocycles. The van der Waals surface area contributed by atoms with E-state index in [9.17, 15) is 14.4 Å². The minimum atomic E-state index is -0.570. The largest absolute Gasteiger partial charge is 0.349 e. The number of nitrogens with one attached hydrogen (secondary N) is 3. The van der Waals surface area contributed by atoms with Crippen molar-refractivity contribution < 1.29 is 4.79 Å². The second-order valence-electron chi connectivity index (χ2n) is 7.91. The summed E-state index contributed by atoms with van der Waals surface area (Å²) in [5.74, 6) is -0.236. The number of rotatable bonds is 5. The molecule has 0 radical (unpaired) electrons. The number of carbonyl (C=O) groups excluding carboxylic acids is 1. The number of hydrogen-bond acceptors (Lipinski definition) is 5. The number of nitrogens with zero attached hydrogens (tertiary/aromatic N) is 2. The maximum atomic E-state index is 13.1. The second-order valence-corrected chi connectivity index (χ2v) is 7.91. The number of H-pyrrole nitrogens is 1. The molecule has 2 aromatic rings. The Hall–Kier alpha value is -1.90. The predicted molar refractivity (Wildman–Crippen MR) is 123 cm³/mol. The molecule has 8 nitrogen and oxygen atoms in total. The third-order valence-corrected chi connectivity index (χ3v) is 5.21. The zero-order chi connectivity index (χ0) is 20.4. The van der Waals surface area contributed by atoms with E-state index in [4.69, 9.17) is 0 Å². The lowest BCUT2D eigenvalue weighted by Gasteiger charge is -2.28. The number of hydrogen-bond donors (Lipinski definition) is 3. The first-order valence-electron chi connectivity index (χ1n) is 10.0. The van der Waals surface area contributed by atoms with Gasteiger partial charge in [-0.15, -0.1) is 24.8 Å². The summed E-state index contributed by atoms with van der Waals surface area (Å²) < 4.78 is 1.45. The highest BCUT2D eigenvalue weighted by molar-refractivity contribution is 6.05. The first-order chi connectivity index (χ1) is 13.3. The molecule has 1 amide bonds. The van der Waals surface area contributed by atoms with Crippen LogP contribution in [-0.2, 0) is 6.54 Å². The van der Waals surface area contributed by atoms with Gasteiger partial charge in [0.25, 0.3) is 11.5 Å². The molecule has 2 aromatic heterocycles. The van der Waals surface area contributed by atoms with Crippen molar-refractivity contribution >= 4 is 41.8 Å². The van der Waals surface area contributed by atoms with E-state index in [0.29, 0.717) is 24.7 Å². The molecule has 1 aliphatic heterocycles. The molecule has 1 saturated heterocycles. The lowest BCUT2D eigenvalue weighted by atomic mass is 9.99. The molecule has 0 aliphatic carbocycles. The van der Waals surface area contributed by atoms with Crippen LogP contribution in [-0.4, -0.2) is 39.1 Å². The highest BCUT2D eigenvalue weighted by atomic mass is 35.5. The zero-order valence-electron chi connectivity index (χ0n) is 17.8. The molecular formula is C20H31Cl2N5O3. The van der Waals surface area contributed by atoms with Gasteiger partial charge in [0.1, 0.15) is 0 Å². The van der Waals surface area contributed by atoms with Crippen molar-refractivity contribution in [2.45, 2.75) is 71.5 Å². The Labute approximate surface area is 188 Å². The molecule has 3 rings (SSSR count). The second kappa shape index (κ2) is 10.9. The fourth-order valence-electron chi connectivity index (χ4n) is 3.73. The van der Waals surface area contributed by atoms with Gasteiger partial charge in [0, 0.05) is 24.3 Å². The van der Waals surface area contributed by atoms with Gasteiger partial charge >= 0.3 is 5.69 Å².